The predicted octanol–water partition coefficient (Wildman–Crippen LogP) is 3.07. The van der Waals surface area contributed by atoms with Crippen LogP contribution in [0.5, 0.6) is 11.5 Å². The second-order valence-corrected chi connectivity index (χ2v) is 6.73. The molecule has 1 aromatic heterocycles. The quantitative estimate of drug-likeness (QED) is 0.702. The first-order valence-corrected chi connectivity index (χ1v) is 8.80. The molecule has 0 saturated heterocycles. The summed E-state index contributed by atoms with van der Waals surface area (Å²) in [4.78, 5) is 12.3. The summed E-state index contributed by atoms with van der Waals surface area (Å²) >= 11 is 0. The number of tetrazole rings is 1. The number of halogens is 2. The molecule has 28 heavy (non-hydrogen) atoms. The van der Waals surface area contributed by atoms with Crippen LogP contribution in [0, 0.1) is 0 Å². The fourth-order valence-corrected chi connectivity index (χ4v) is 3.18. The number of benzene rings is 2. The molecule has 1 N–H and O–H groups in total. The number of hydrogen-bond acceptors (Lipinski definition) is 5. The Bertz CT molecular complexity index is 1070. The zero-order valence-corrected chi connectivity index (χ0v) is 15.0. The fourth-order valence-electron chi connectivity index (χ4n) is 3.18. The van der Waals surface area contributed by atoms with Gasteiger partial charge in [0.05, 0.1) is 11.3 Å². The van der Waals surface area contributed by atoms with Crippen LogP contribution in [0.1, 0.15) is 41.9 Å². The molecule has 1 aliphatic rings. The van der Waals surface area contributed by atoms with Crippen LogP contribution in [0.2, 0.25) is 0 Å². The van der Waals surface area contributed by atoms with Crippen molar-refractivity contribution in [2.45, 2.75) is 31.8 Å². The number of phenolic OH excluding ortho intramolecular Hbond substituents is 1. The van der Waals surface area contributed by atoms with Crippen molar-refractivity contribution in [3.63, 3.8) is 0 Å². The number of hydrogen-bond donors (Lipinski definition) is 1. The number of aryl methyl sites for hydroxylation is 1. The molecule has 0 spiro atoms. The Morgan fingerprint density at radius 2 is 2.04 bits per heavy atom. The van der Waals surface area contributed by atoms with Crippen molar-refractivity contribution in [1.82, 2.24) is 19.8 Å². The second kappa shape index (κ2) is 7.06. The van der Waals surface area contributed by atoms with E-state index in [2.05, 4.69) is 10.4 Å². The Labute approximate surface area is 158 Å². The Kier molecular flexibility index (Phi) is 4.58. The number of nitrogens with zero attached hydrogens (tertiary/aromatic N) is 4. The highest BCUT2D eigenvalue weighted by molar-refractivity contribution is 5.48. The average molecular weight is 388 g/mol. The van der Waals surface area contributed by atoms with Crippen molar-refractivity contribution >= 4 is 0 Å². The van der Waals surface area contributed by atoms with Crippen LogP contribution in [0.25, 0.3) is 5.69 Å². The normalized spacial score (nSPS) is 13.9. The molecule has 0 radical (unpaired) electrons. The van der Waals surface area contributed by atoms with Crippen LogP contribution >= 0.6 is 0 Å². The lowest BCUT2D eigenvalue weighted by atomic mass is 10.0. The van der Waals surface area contributed by atoms with Gasteiger partial charge in [-0.1, -0.05) is 12.1 Å². The number of rotatable bonds is 6. The molecular weight excluding hydrogens is 370 g/mol. The van der Waals surface area contributed by atoms with Crippen molar-refractivity contribution in [3.8, 4) is 17.2 Å². The predicted molar refractivity (Wildman–Crippen MR) is 96.0 cm³/mol. The average Bonchev–Trinajstić information content (AvgIpc) is 3.47. The third kappa shape index (κ3) is 3.35. The number of ether oxygens (including phenoxy) is 1. The van der Waals surface area contributed by atoms with Gasteiger partial charge >= 0.3 is 5.69 Å². The van der Waals surface area contributed by atoms with Crippen molar-refractivity contribution < 1.29 is 18.6 Å². The summed E-state index contributed by atoms with van der Waals surface area (Å²) in [6.45, 7) is -0.0183. The molecule has 1 saturated carbocycles. The molecule has 9 heteroatoms. The fraction of sp³-hybridized carbons (Fsp3) is 0.316. The molecule has 7 nitrogen and oxygen atoms in total. The van der Waals surface area contributed by atoms with Gasteiger partial charge in [-0.25, -0.2) is 13.6 Å². The highest BCUT2D eigenvalue weighted by Gasteiger charge is 2.28. The van der Waals surface area contributed by atoms with Crippen LogP contribution in [0.15, 0.2) is 41.2 Å². The Hall–Kier alpha value is -3.23. The van der Waals surface area contributed by atoms with Gasteiger partial charge in [-0.15, -0.1) is 0 Å². The minimum atomic E-state index is -2.79. The lowest BCUT2D eigenvalue weighted by Gasteiger charge is -2.16. The summed E-state index contributed by atoms with van der Waals surface area (Å²) in [5.74, 6) is 0.0731. The summed E-state index contributed by atoms with van der Waals surface area (Å²) in [6.07, 6.45) is -0.747. The molecular formula is C19H18F2N4O3. The van der Waals surface area contributed by atoms with E-state index in [4.69, 9.17) is 4.74 Å². The first-order valence-electron chi connectivity index (χ1n) is 8.80. The lowest BCUT2D eigenvalue weighted by Crippen LogP contribution is -2.23. The molecule has 3 aromatic rings. The first kappa shape index (κ1) is 18.1. The van der Waals surface area contributed by atoms with Crippen LogP contribution in [0.3, 0.4) is 0 Å². The van der Waals surface area contributed by atoms with Crippen LogP contribution < -0.4 is 10.4 Å². The monoisotopic (exact) mass is 388 g/mol. The van der Waals surface area contributed by atoms with Gasteiger partial charge < -0.3 is 9.84 Å². The highest BCUT2D eigenvalue weighted by Crippen LogP contribution is 2.43. The maximum absolute atomic E-state index is 13.3. The van der Waals surface area contributed by atoms with Crippen LogP contribution in [-0.2, 0) is 13.7 Å². The topological polar surface area (TPSA) is 82.2 Å². The molecule has 1 aliphatic carbocycles. The van der Waals surface area contributed by atoms with Crippen LogP contribution in [0.4, 0.5) is 8.78 Å². The number of phenols is 1. The minimum absolute atomic E-state index is 0.0177. The van der Waals surface area contributed by atoms with Gasteiger partial charge in [0, 0.05) is 12.6 Å². The van der Waals surface area contributed by atoms with Gasteiger partial charge in [0.15, 0.2) is 0 Å². The standard InChI is InChI=1S/C19H18F2N4O3/c1-24-19(27)25(23-22-24)16-4-2-3-13(11-5-6-11)15(16)10-28-17-8-7-12(26)9-14(17)18(20)21/h2-4,7-9,11,18,26H,5-6,10H2,1H3. The largest absolute Gasteiger partial charge is 0.508 e. The van der Waals surface area contributed by atoms with Gasteiger partial charge in [-0.2, -0.15) is 9.36 Å². The zero-order chi connectivity index (χ0) is 19.8. The molecule has 0 unspecified atom stereocenters. The number of alkyl halides is 2. The van der Waals surface area contributed by atoms with E-state index in [1.807, 2.05) is 12.1 Å². The van der Waals surface area contributed by atoms with E-state index in [9.17, 15) is 18.7 Å². The third-order valence-electron chi connectivity index (χ3n) is 4.75. The molecule has 146 valence electrons. The Morgan fingerprint density at radius 1 is 1.25 bits per heavy atom. The van der Waals surface area contributed by atoms with Crippen molar-refractivity contribution in [2.24, 2.45) is 7.05 Å². The maximum Gasteiger partial charge on any atom is 0.368 e. The van der Waals surface area contributed by atoms with Crippen LogP contribution in [-0.4, -0.2) is 24.9 Å². The molecule has 0 atom stereocenters. The molecule has 0 aliphatic heterocycles. The summed E-state index contributed by atoms with van der Waals surface area (Å²) in [6, 6.07) is 9.10. The zero-order valence-electron chi connectivity index (χ0n) is 15.0. The van der Waals surface area contributed by atoms with E-state index in [0.717, 1.165) is 29.2 Å². The Morgan fingerprint density at radius 3 is 2.68 bits per heavy atom. The first-order chi connectivity index (χ1) is 13.5. The van der Waals surface area contributed by atoms with E-state index >= 15 is 0 Å². The number of aromatic hydroxyl groups is 1. The SMILES string of the molecule is Cn1nnn(-c2cccc(C3CC3)c2COc2ccc(O)cc2C(F)F)c1=O. The van der Waals surface area contributed by atoms with E-state index in [1.54, 1.807) is 6.07 Å². The second-order valence-electron chi connectivity index (χ2n) is 6.73. The van der Waals surface area contributed by atoms with E-state index in [-0.39, 0.29) is 23.7 Å². The van der Waals surface area contributed by atoms with Gasteiger partial charge in [0.25, 0.3) is 6.43 Å². The molecule has 0 amide bonds. The van der Waals surface area contributed by atoms with E-state index in [1.165, 1.54) is 23.9 Å². The van der Waals surface area contributed by atoms with Gasteiger partial charge in [-0.05, 0) is 59.0 Å². The Balaban J connectivity index is 1.73. The molecule has 0 bridgehead atoms. The van der Waals surface area contributed by atoms with E-state index in [0.29, 0.717) is 17.2 Å². The lowest BCUT2D eigenvalue weighted by molar-refractivity contribution is 0.144. The van der Waals surface area contributed by atoms with Gasteiger partial charge in [-0.3, -0.25) is 0 Å². The summed E-state index contributed by atoms with van der Waals surface area (Å²) in [7, 11) is 1.50. The molecule has 1 heterocycles. The van der Waals surface area contributed by atoms with Gasteiger partial charge in [0.1, 0.15) is 18.1 Å². The molecule has 1 fully saturated rings. The summed E-state index contributed by atoms with van der Waals surface area (Å²) < 4.78 is 34.6. The third-order valence-corrected chi connectivity index (χ3v) is 4.75. The minimum Gasteiger partial charge on any atom is -0.508 e. The molecule has 4 rings (SSSR count). The summed E-state index contributed by atoms with van der Waals surface area (Å²) in [5, 5.41) is 17.1. The smallest absolute Gasteiger partial charge is 0.368 e. The van der Waals surface area contributed by atoms with Crippen molar-refractivity contribution in [2.75, 3.05) is 0 Å². The maximum atomic E-state index is 13.3. The van der Waals surface area contributed by atoms with E-state index < -0.39 is 12.1 Å². The highest BCUT2D eigenvalue weighted by atomic mass is 19.3. The van der Waals surface area contributed by atoms with Crippen molar-refractivity contribution in [1.29, 1.82) is 0 Å². The number of aromatic nitrogens is 4. The summed E-state index contributed by atoms with van der Waals surface area (Å²) in [5.41, 5.74) is 1.43. The molecule has 2 aromatic carbocycles. The van der Waals surface area contributed by atoms with Gasteiger partial charge in [0.2, 0.25) is 0 Å². The van der Waals surface area contributed by atoms with Crippen molar-refractivity contribution in [3.05, 3.63) is 63.6 Å².